The van der Waals surface area contributed by atoms with Gasteiger partial charge >= 0.3 is 0 Å². The molecule has 0 bridgehead atoms. The number of hydrogen-bond donors (Lipinski definition) is 1. The van der Waals surface area contributed by atoms with Crippen LogP contribution in [0.3, 0.4) is 0 Å². The zero-order chi connectivity index (χ0) is 5.66. The van der Waals surface area contributed by atoms with Crippen molar-refractivity contribution < 1.29 is 0 Å². The minimum Gasteiger partial charge on any atom is -0.315 e. The second-order valence-corrected chi connectivity index (χ2v) is 4.26. The molecule has 1 N–H and O–H groups in total. The van der Waals surface area contributed by atoms with Crippen molar-refractivity contribution in [2.24, 2.45) is 0 Å². The number of rotatable bonds is 0. The molecule has 1 heterocycles. The van der Waals surface area contributed by atoms with Crippen molar-refractivity contribution in [2.75, 3.05) is 24.6 Å². The van der Waals surface area contributed by atoms with Crippen molar-refractivity contribution in [3.8, 4) is 0 Å². The van der Waals surface area contributed by atoms with E-state index in [1.807, 2.05) is 23.2 Å². The Kier molecular flexibility index (Phi) is 3.92. The Labute approximate surface area is 59.4 Å². The van der Waals surface area contributed by atoms with Crippen LogP contribution in [-0.2, 0) is 0 Å². The second kappa shape index (κ2) is 4.59. The van der Waals surface area contributed by atoms with E-state index in [9.17, 15) is 0 Å². The predicted octanol–water partition coefficient (Wildman–Crippen LogP) is 0.323. The summed E-state index contributed by atoms with van der Waals surface area (Å²) in [7, 11) is 0. The predicted molar refractivity (Wildman–Crippen MR) is 44.9 cm³/mol. The highest BCUT2D eigenvalue weighted by atomic mass is 32.2. The molecule has 0 unspecified atom stereocenters. The van der Waals surface area contributed by atoms with Gasteiger partial charge in [-0.05, 0) is 11.5 Å². The van der Waals surface area contributed by atoms with Crippen molar-refractivity contribution in [3.05, 3.63) is 0 Å². The summed E-state index contributed by atoms with van der Waals surface area (Å²) in [5, 5.41) is 3.35. The molecule has 1 nitrogen and oxygen atoms in total. The van der Waals surface area contributed by atoms with Crippen LogP contribution in [0.25, 0.3) is 0 Å². The molecule has 1 aliphatic rings. The molecule has 46 valence electrons. The first-order chi connectivity index (χ1) is 4.00. The Balaban J connectivity index is 2.00. The topological polar surface area (TPSA) is 12.0 Å². The highest BCUT2D eigenvalue weighted by Crippen LogP contribution is 2.08. The Bertz CT molecular complexity index is 38.0. The van der Waals surface area contributed by atoms with Crippen molar-refractivity contribution >= 4 is 29.1 Å². The molecule has 1 saturated heterocycles. The van der Waals surface area contributed by atoms with E-state index in [1.54, 1.807) is 0 Å². The second-order valence-electron chi connectivity index (χ2n) is 1.68. The van der Waals surface area contributed by atoms with Crippen molar-refractivity contribution in [1.29, 1.82) is 0 Å². The third-order valence-corrected chi connectivity index (χ3v) is 3.33. The summed E-state index contributed by atoms with van der Waals surface area (Å²) in [6.45, 7) is 2.40. The van der Waals surface area contributed by atoms with E-state index in [2.05, 4.69) is 5.32 Å². The average molecular weight is 147 g/mol. The minimum atomic E-state index is 1.20. The molecule has 1 aliphatic heterocycles. The molecule has 1 fully saturated rings. The lowest BCUT2D eigenvalue weighted by atomic mass is 10.6. The van der Waals surface area contributed by atoms with Gasteiger partial charge in [0.05, 0.1) is 0 Å². The molecule has 8 heavy (non-hydrogen) atoms. The Morgan fingerprint density at radius 2 is 1.75 bits per heavy atom. The summed E-state index contributed by atoms with van der Waals surface area (Å²) in [6.07, 6.45) is 0. The van der Waals surface area contributed by atoms with Crippen LogP contribution >= 0.6 is 23.2 Å². The highest BCUT2D eigenvalue weighted by Gasteiger charge is 1.96. The molecule has 1 rings (SSSR count). The van der Waals surface area contributed by atoms with E-state index in [4.69, 9.17) is 0 Å². The van der Waals surface area contributed by atoms with Gasteiger partial charge in [-0.2, -0.15) is 23.2 Å². The van der Waals surface area contributed by atoms with Crippen molar-refractivity contribution in [2.45, 2.75) is 0 Å². The van der Waals surface area contributed by atoms with Crippen LogP contribution in [0.4, 0.5) is 0 Å². The third kappa shape index (κ3) is 2.90. The van der Waals surface area contributed by atoms with Gasteiger partial charge in [0.25, 0.3) is 5.84 Å². The number of nitrogens with one attached hydrogen (secondary N) is 1. The van der Waals surface area contributed by atoms with Crippen molar-refractivity contribution in [3.63, 3.8) is 0 Å². The van der Waals surface area contributed by atoms with Crippen molar-refractivity contribution in [1.82, 2.24) is 5.32 Å². The molecule has 0 aromatic rings. The van der Waals surface area contributed by atoms with Gasteiger partial charge in [0.1, 0.15) is 0 Å². The maximum Gasteiger partial charge on any atom is 0.256 e. The molecule has 4 heteroatoms. The molecule has 0 saturated carbocycles. The van der Waals surface area contributed by atoms with E-state index in [0.29, 0.717) is 0 Å². The maximum atomic E-state index is 3.35. The Morgan fingerprint density at radius 1 is 1.12 bits per heavy atom. The summed E-state index contributed by atoms with van der Waals surface area (Å²) < 4.78 is 0. The van der Waals surface area contributed by atoms with Gasteiger partial charge in [0, 0.05) is 13.1 Å². The lowest BCUT2D eigenvalue weighted by Crippen LogP contribution is -2.22. The first kappa shape index (κ1) is 6.84. The van der Waals surface area contributed by atoms with Gasteiger partial charge in [-0.3, -0.25) is 0 Å². The number of hydrogen-bond acceptors (Lipinski definition) is 3. The van der Waals surface area contributed by atoms with Crippen LogP contribution in [0.5, 0.6) is 0 Å². The van der Waals surface area contributed by atoms with Crippen LogP contribution in [-0.4, -0.2) is 30.4 Å². The average Bonchev–Trinajstić information content (AvgIpc) is 1.62. The molecule has 0 spiro atoms. The summed E-state index contributed by atoms with van der Waals surface area (Å²) in [4.78, 5) is 0. The molecule has 0 amide bonds. The summed E-state index contributed by atoms with van der Waals surface area (Å²) in [6, 6.07) is 0. The van der Waals surface area contributed by atoms with Gasteiger partial charge in [-0.25, -0.2) is 0 Å². The zero-order valence-corrected chi connectivity index (χ0v) is 6.49. The molecular formula is C4H10BNS2. The van der Waals surface area contributed by atoms with Crippen LogP contribution in [0, 0.1) is 0 Å². The lowest BCUT2D eigenvalue weighted by Gasteiger charge is -2.07. The normalized spacial score (nSPS) is 23.0. The van der Waals surface area contributed by atoms with Crippen LogP contribution in [0.1, 0.15) is 0 Å². The fourth-order valence-corrected chi connectivity index (χ4v) is 2.58. The van der Waals surface area contributed by atoms with E-state index in [0.717, 1.165) is 0 Å². The monoisotopic (exact) mass is 147 g/mol. The fourth-order valence-electron chi connectivity index (χ4n) is 0.590. The molecular weight excluding hydrogens is 137 g/mol. The maximum absolute atomic E-state index is 3.35. The van der Waals surface area contributed by atoms with E-state index in [-0.39, 0.29) is 0 Å². The van der Waals surface area contributed by atoms with Gasteiger partial charge in [-0.1, -0.05) is 0 Å². The minimum absolute atomic E-state index is 1.20. The molecule has 0 radical (unpaired) electrons. The highest BCUT2D eigenvalue weighted by molar-refractivity contribution is 8.50. The van der Waals surface area contributed by atoms with Gasteiger partial charge in [0.2, 0.25) is 0 Å². The summed E-state index contributed by atoms with van der Waals surface area (Å²) in [5.74, 6) is 3.86. The largest absolute Gasteiger partial charge is 0.315 e. The first-order valence-electron chi connectivity index (χ1n) is 2.86. The molecule has 0 aromatic heterocycles. The zero-order valence-electron chi connectivity index (χ0n) is 4.85. The van der Waals surface area contributed by atoms with E-state index in [1.165, 1.54) is 30.4 Å². The van der Waals surface area contributed by atoms with Gasteiger partial charge in [0.15, 0.2) is 0 Å². The Morgan fingerprint density at radius 3 is 2.38 bits per heavy atom. The fraction of sp³-hybridized carbons (Fsp3) is 1.00. The molecule has 0 aliphatic carbocycles. The first-order valence-corrected chi connectivity index (χ1v) is 5.17. The third-order valence-electron chi connectivity index (χ3n) is 1.01. The standard InChI is InChI=1S/C4H10BNS2/c1-3-7-5-8-4-2-6-1/h5-6H,1-4H2. The van der Waals surface area contributed by atoms with Crippen LogP contribution in [0.2, 0.25) is 0 Å². The molecule has 0 aromatic carbocycles. The van der Waals surface area contributed by atoms with Crippen LogP contribution in [0.15, 0.2) is 0 Å². The molecule has 0 atom stereocenters. The SMILES string of the molecule is B1SCCNCCS1. The lowest BCUT2D eigenvalue weighted by molar-refractivity contribution is 0.775. The van der Waals surface area contributed by atoms with Gasteiger partial charge in [-0.15, -0.1) is 0 Å². The van der Waals surface area contributed by atoms with E-state index >= 15 is 0 Å². The summed E-state index contributed by atoms with van der Waals surface area (Å²) >= 11 is 4.06. The van der Waals surface area contributed by atoms with Crippen LogP contribution < -0.4 is 5.32 Å². The quantitative estimate of drug-likeness (QED) is 0.495. The Hall–Kier alpha value is 0.725. The summed E-state index contributed by atoms with van der Waals surface area (Å²) in [5.41, 5.74) is 0. The smallest absolute Gasteiger partial charge is 0.256 e. The van der Waals surface area contributed by atoms with E-state index < -0.39 is 0 Å². The van der Waals surface area contributed by atoms with Gasteiger partial charge < -0.3 is 5.32 Å².